The highest BCUT2D eigenvalue weighted by Gasteiger charge is 2.38. The molecule has 0 aliphatic heterocycles. The number of alkyl halides is 3. The van der Waals surface area contributed by atoms with E-state index in [9.17, 15) is 22.7 Å². The second kappa shape index (κ2) is 6.56. The topological polar surface area (TPSA) is 46.2 Å². The van der Waals surface area contributed by atoms with E-state index in [0.717, 1.165) is 6.07 Å². The van der Waals surface area contributed by atoms with Gasteiger partial charge in [0.25, 0.3) is 0 Å². The Labute approximate surface area is 112 Å². The normalized spacial score (nSPS) is 14.8. The van der Waals surface area contributed by atoms with Crippen LogP contribution >= 0.6 is 24.0 Å². The molecule has 0 aliphatic rings. The monoisotopic (exact) mass is 307 g/mol. The van der Waals surface area contributed by atoms with Crippen molar-refractivity contribution in [1.82, 2.24) is 0 Å². The minimum atomic E-state index is -4.64. The molecule has 1 aromatic rings. The molecule has 8 heteroatoms. The van der Waals surface area contributed by atoms with Crippen LogP contribution in [-0.4, -0.2) is 17.3 Å². The number of nitrogens with two attached hydrogens (primary N) is 1. The number of rotatable bonds is 3. The Morgan fingerprint density at radius 3 is 2.33 bits per heavy atom. The fraction of sp³-hybridized carbons (Fsp3) is 0.400. The van der Waals surface area contributed by atoms with Gasteiger partial charge in [-0.1, -0.05) is 17.7 Å². The second-order valence-electron chi connectivity index (χ2n) is 3.53. The summed E-state index contributed by atoms with van der Waals surface area (Å²) in [6.45, 7) is 0. The van der Waals surface area contributed by atoms with Crippen molar-refractivity contribution >= 4 is 24.0 Å². The van der Waals surface area contributed by atoms with Gasteiger partial charge in [0.05, 0.1) is 6.10 Å². The lowest BCUT2D eigenvalue weighted by Gasteiger charge is -2.20. The Balaban J connectivity index is 0.00000289. The van der Waals surface area contributed by atoms with Crippen molar-refractivity contribution in [1.29, 1.82) is 0 Å². The molecule has 0 fully saturated rings. The summed E-state index contributed by atoms with van der Waals surface area (Å²) in [5, 5.41) is 9.38. The van der Waals surface area contributed by atoms with Crippen LogP contribution in [0.5, 0.6) is 0 Å². The molecule has 1 aromatic carbocycles. The summed E-state index contributed by atoms with van der Waals surface area (Å²) in [7, 11) is 0. The standard InChI is InChI=1S/C10H10ClF4NO.ClH/c11-5-2-1-3-6(12)9(5)7(17)4-8(16)10(13,14)15;/h1-3,7-8,17H,4,16H2;1H/t7-,8-;/m0./s1. The van der Waals surface area contributed by atoms with Gasteiger partial charge >= 0.3 is 6.18 Å². The van der Waals surface area contributed by atoms with Gasteiger partial charge in [0, 0.05) is 17.0 Å². The maximum Gasteiger partial charge on any atom is 0.403 e. The molecule has 2 nitrogen and oxygen atoms in total. The Kier molecular flexibility index (Phi) is 6.36. The lowest BCUT2D eigenvalue weighted by Crippen LogP contribution is -2.38. The molecule has 3 N–H and O–H groups in total. The van der Waals surface area contributed by atoms with Crippen LogP contribution in [0, 0.1) is 5.82 Å². The van der Waals surface area contributed by atoms with Crippen LogP contribution in [0.25, 0.3) is 0 Å². The van der Waals surface area contributed by atoms with E-state index in [-0.39, 0.29) is 23.0 Å². The first-order valence-corrected chi connectivity index (χ1v) is 5.05. The van der Waals surface area contributed by atoms with E-state index >= 15 is 0 Å². The largest absolute Gasteiger partial charge is 0.403 e. The number of hydrogen-bond donors (Lipinski definition) is 2. The minimum absolute atomic E-state index is 0. The van der Waals surface area contributed by atoms with E-state index in [0.29, 0.717) is 0 Å². The van der Waals surface area contributed by atoms with Crippen LogP contribution in [0.4, 0.5) is 17.6 Å². The molecule has 0 amide bonds. The Hall–Kier alpha value is -0.560. The molecule has 0 unspecified atom stereocenters. The average molecular weight is 308 g/mol. The van der Waals surface area contributed by atoms with Gasteiger partial charge in [-0.2, -0.15) is 13.2 Å². The van der Waals surface area contributed by atoms with E-state index < -0.39 is 30.6 Å². The van der Waals surface area contributed by atoms with E-state index in [2.05, 4.69) is 0 Å². The summed E-state index contributed by atoms with van der Waals surface area (Å²) >= 11 is 5.60. The zero-order valence-electron chi connectivity index (χ0n) is 8.92. The molecule has 0 bridgehead atoms. The lowest BCUT2D eigenvalue weighted by atomic mass is 10.0. The molecule has 0 aliphatic carbocycles. The van der Waals surface area contributed by atoms with Crippen LogP contribution in [0.3, 0.4) is 0 Å². The molecule has 0 spiro atoms. The van der Waals surface area contributed by atoms with Crippen molar-refractivity contribution < 1.29 is 22.7 Å². The SMILES string of the molecule is Cl.N[C@@H](C[C@H](O)c1c(F)cccc1Cl)C(F)(F)F. The number of halogens is 6. The van der Waals surface area contributed by atoms with Gasteiger partial charge in [-0.25, -0.2) is 4.39 Å². The molecule has 0 saturated carbocycles. The predicted molar refractivity (Wildman–Crippen MR) is 62.3 cm³/mol. The predicted octanol–water partition coefficient (Wildman–Crippen LogP) is 3.21. The maximum absolute atomic E-state index is 13.3. The first-order chi connectivity index (χ1) is 7.73. The summed E-state index contributed by atoms with van der Waals surface area (Å²) in [6, 6.07) is 1.34. The van der Waals surface area contributed by atoms with Crippen LogP contribution < -0.4 is 5.73 Å². The molecule has 1 rings (SSSR count). The van der Waals surface area contributed by atoms with Crippen molar-refractivity contribution in [3.05, 3.63) is 34.6 Å². The van der Waals surface area contributed by atoms with Crippen LogP contribution in [0.2, 0.25) is 5.02 Å². The number of aliphatic hydroxyl groups excluding tert-OH is 1. The highest BCUT2D eigenvalue weighted by atomic mass is 35.5. The molecule has 0 saturated heterocycles. The van der Waals surface area contributed by atoms with Gasteiger partial charge in [-0.3, -0.25) is 0 Å². The maximum atomic E-state index is 13.3. The van der Waals surface area contributed by atoms with Crippen molar-refractivity contribution in [3.8, 4) is 0 Å². The molecule has 2 atom stereocenters. The van der Waals surface area contributed by atoms with E-state index in [4.69, 9.17) is 17.3 Å². The average Bonchev–Trinajstić information content (AvgIpc) is 2.15. The van der Waals surface area contributed by atoms with Gasteiger partial charge < -0.3 is 10.8 Å². The van der Waals surface area contributed by atoms with E-state index in [1.807, 2.05) is 0 Å². The quantitative estimate of drug-likeness (QED) is 0.842. The van der Waals surface area contributed by atoms with Crippen molar-refractivity contribution in [2.75, 3.05) is 0 Å². The lowest BCUT2D eigenvalue weighted by molar-refractivity contribution is -0.154. The smallest absolute Gasteiger partial charge is 0.388 e. The van der Waals surface area contributed by atoms with Gasteiger partial charge in [-0.15, -0.1) is 12.4 Å². The van der Waals surface area contributed by atoms with Crippen LogP contribution in [0.15, 0.2) is 18.2 Å². The molecule has 0 heterocycles. The minimum Gasteiger partial charge on any atom is -0.388 e. The fourth-order valence-corrected chi connectivity index (χ4v) is 1.61. The molecule has 0 radical (unpaired) electrons. The van der Waals surface area contributed by atoms with Gasteiger partial charge in [0.1, 0.15) is 11.9 Å². The third-order valence-electron chi connectivity index (χ3n) is 2.23. The molecule has 0 aromatic heterocycles. The third-order valence-corrected chi connectivity index (χ3v) is 2.56. The molecule has 18 heavy (non-hydrogen) atoms. The highest BCUT2D eigenvalue weighted by Crippen LogP contribution is 2.31. The van der Waals surface area contributed by atoms with Crippen LogP contribution in [-0.2, 0) is 0 Å². The zero-order chi connectivity index (χ0) is 13.2. The molecular weight excluding hydrogens is 297 g/mol. The zero-order valence-corrected chi connectivity index (χ0v) is 10.5. The summed E-state index contributed by atoms with van der Waals surface area (Å²) in [4.78, 5) is 0. The van der Waals surface area contributed by atoms with Gasteiger partial charge in [0.15, 0.2) is 0 Å². The Bertz CT molecular complexity index is 380. The second-order valence-corrected chi connectivity index (χ2v) is 3.94. The first-order valence-electron chi connectivity index (χ1n) is 4.67. The fourth-order valence-electron chi connectivity index (χ4n) is 1.32. The molecule has 104 valence electrons. The van der Waals surface area contributed by atoms with Gasteiger partial charge in [0.2, 0.25) is 0 Å². The summed E-state index contributed by atoms with van der Waals surface area (Å²) in [5.41, 5.74) is 4.47. The number of aliphatic hydroxyl groups is 1. The summed E-state index contributed by atoms with van der Waals surface area (Å²) in [5.74, 6) is -0.862. The highest BCUT2D eigenvalue weighted by molar-refractivity contribution is 6.31. The third kappa shape index (κ3) is 4.28. The van der Waals surface area contributed by atoms with Crippen LogP contribution in [0.1, 0.15) is 18.1 Å². The number of hydrogen-bond acceptors (Lipinski definition) is 2. The Morgan fingerprint density at radius 2 is 1.89 bits per heavy atom. The Morgan fingerprint density at radius 1 is 1.33 bits per heavy atom. The number of benzene rings is 1. The van der Waals surface area contributed by atoms with Crippen molar-refractivity contribution in [3.63, 3.8) is 0 Å². The molecular formula is C10H11Cl2F4NO. The van der Waals surface area contributed by atoms with Crippen molar-refractivity contribution in [2.45, 2.75) is 24.7 Å². The summed E-state index contributed by atoms with van der Waals surface area (Å²) < 4.78 is 49.8. The first kappa shape index (κ1) is 17.4. The summed E-state index contributed by atoms with van der Waals surface area (Å²) in [6.07, 6.45) is -7.18. The van der Waals surface area contributed by atoms with Crippen molar-refractivity contribution in [2.24, 2.45) is 5.73 Å². The van der Waals surface area contributed by atoms with E-state index in [1.54, 1.807) is 0 Å². The van der Waals surface area contributed by atoms with Gasteiger partial charge in [-0.05, 0) is 12.1 Å². The van der Waals surface area contributed by atoms with E-state index in [1.165, 1.54) is 12.1 Å².